The van der Waals surface area contributed by atoms with Crippen LogP contribution >= 0.6 is 15.6 Å². The molecule has 7 nitrogen and oxygen atoms in total. The second-order valence-electron chi connectivity index (χ2n) is 6.06. The molecule has 0 aliphatic rings. The highest BCUT2D eigenvalue weighted by Gasteiger charge is 2.38. The van der Waals surface area contributed by atoms with Crippen LogP contribution in [-0.2, 0) is 18.0 Å². The van der Waals surface area contributed by atoms with Crippen molar-refractivity contribution in [3.05, 3.63) is 36.0 Å². The van der Waals surface area contributed by atoms with Crippen LogP contribution in [0.3, 0.4) is 0 Å². The number of rotatable bonds is 11. The van der Waals surface area contributed by atoms with Gasteiger partial charge in [0.25, 0.3) is 0 Å². The number of phosphoric ester groups is 1. The molecular weight excluding hydrogens is 354 g/mol. The van der Waals surface area contributed by atoms with Gasteiger partial charge in [-0.2, -0.15) is 4.31 Å². The molecule has 2 atom stereocenters. The van der Waals surface area contributed by atoms with Gasteiger partial charge in [0.15, 0.2) is 0 Å². The maximum Gasteiger partial charge on any atom is 0.481 e. The second-order valence-corrected chi connectivity index (χ2v) is 8.81. The molecule has 9 heteroatoms. The fourth-order valence-electron chi connectivity index (χ4n) is 1.90. The van der Waals surface area contributed by atoms with Gasteiger partial charge in [-0.25, -0.2) is 9.13 Å². The SMILES string of the molecule is C=CC(C)(CCC=C(C)CCC=C(C)C)OP(=O)(O)OP(=O)(O)O. The smallest absolute Gasteiger partial charge is 0.302 e. The first-order chi connectivity index (χ1) is 10.8. The van der Waals surface area contributed by atoms with E-state index in [0.717, 1.165) is 12.8 Å². The molecule has 0 bridgehead atoms. The van der Waals surface area contributed by atoms with E-state index in [2.05, 4.69) is 17.0 Å². The van der Waals surface area contributed by atoms with Gasteiger partial charge in [-0.05, 0) is 53.4 Å². The molecule has 0 radical (unpaired) electrons. The van der Waals surface area contributed by atoms with Gasteiger partial charge in [0.1, 0.15) is 0 Å². The highest BCUT2D eigenvalue weighted by Crippen LogP contribution is 2.59. The summed E-state index contributed by atoms with van der Waals surface area (Å²) in [6.07, 6.45) is 8.18. The molecule has 0 spiro atoms. The van der Waals surface area contributed by atoms with E-state index in [-0.39, 0.29) is 0 Å². The average Bonchev–Trinajstić information content (AvgIpc) is 2.34. The first-order valence-corrected chi connectivity index (χ1v) is 10.5. The van der Waals surface area contributed by atoms with Crippen LogP contribution in [-0.4, -0.2) is 20.3 Å². The average molecular weight is 382 g/mol. The summed E-state index contributed by atoms with van der Waals surface area (Å²) in [7, 11) is -10.0. The van der Waals surface area contributed by atoms with Gasteiger partial charge in [0.05, 0.1) is 5.60 Å². The molecule has 140 valence electrons. The Morgan fingerprint density at radius 3 is 2.17 bits per heavy atom. The van der Waals surface area contributed by atoms with E-state index >= 15 is 0 Å². The molecule has 0 saturated heterocycles. The molecule has 0 amide bonds. The Balaban J connectivity index is 4.68. The van der Waals surface area contributed by atoms with E-state index in [1.165, 1.54) is 24.1 Å². The van der Waals surface area contributed by atoms with Crippen LogP contribution in [0.4, 0.5) is 0 Å². The summed E-state index contributed by atoms with van der Waals surface area (Å²) in [4.78, 5) is 26.7. The standard InChI is InChI=1S/C15H28O7P2/c1-6-15(5,21-24(19,20)22-23(16,17)18)12-8-11-14(4)10-7-9-13(2)3/h6,9,11H,1,7-8,10,12H2,2-5H3,(H,19,20)(H2,16,17,18). The predicted octanol–water partition coefficient (Wildman–Crippen LogP) is 4.63. The van der Waals surface area contributed by atoms with Gasteiger partial charge in [-0.15, -0.1) is 6.58 Å². The zero-order valence-corrected chi connectivity index (χ0v) is 16.4. The van der Waals surface area contributed by atoms with Crippen molar-refractivity contribution in [1.82, 2.24) is 0 Å². The van der Waals surface area contributed by atoms with E-state index in [1.807, 2.05) is 26.8 Å². The van der Waals surface area contributed by atoms with Gasteiger partial charge in [0.2, 0.25) is 0 Å². The summed E-state index contributed by atoms with van der Waals surface area (Å²) >= 11 is 0. The third-order valence-electron chi connectivity index (χ3n) is 3.19. The first-order valence-electron chi connectivity index (χ1n) is 7.51. The van der Waals surface area contributed by atoms with Crippen molar-refractivity contribution >= 4 is 15.6 Å². The molecule has 0 heterocycles. The number of hydrogen-bond donors (Lipinski definition) is 3. The van der Waals surface area contributed by atoms with Crippen LogP contribution in [0.2, 0.25) is 0 Å². The Hall–Kier alpha value is -0.520. The monoisotopic (exact) mass is 382 g/mol. The van der Waals surface area contributed by atoms with Crippen molar-refractivity contribution in [2.75, 3.05) is 0 Å². The lowest BCUT2D eigenvalue weighted by Gasteiger charge is -2.27. The number of hydrogen-bond acceptors (Lipinski definition) is 4. The summed E-state index contributed by atoms with van der Waals surface area (Å²) in [6.45, 7) is 11.1. The molecule has 0 fully saturated rings. The third kappa shape index (κ3) is 11.9. The Bertz CT molecular complexity index is 572. The van der Waals surface area contributed by atoms with Gasteiger partial charge in [-0.3, -0.25) is 4.52 Å². The van der Waals surface area contributed by atoms with E-state index in [4.69, 9.17) is 14.3 Å². The minimum absolute atomic E-state index is 0.311. The van der Waals surface area contributed by atoms with Crippen LogP contribution in [0.5, 0.6) is 0 Å². The maximum atomic E-state index is 11.7. The molecular formula is C15H28O7P2. The maximum absolute atomic E-state index is 11.7. The Morgan fingerprint density at radius 1 is 1.12 bits per heavy atom. The molecule has 0 aliphatic heterocycles. The van der Waals surface area contributed by atoms with Crippen molar-refractivity contribution in [1.29, 1.82) is 0 Å². The second kappa shape index (κ2) is 9.83. The molecule has 2 unspecified atom stereocenters. The number of allylic oxidation sites excluding steroid dienone is 4. The zero-order valence-electron chi connectivity index (χ0n) is 14.6. The van der Waals surface area contributed by atoms with Crippen LogP contribution in [0.1, 0.15) is 53.4 Å². The molecule has 0 saturated carbocycles. The molecule has 0 aromatic rings. The summed E-state index contributed by atoms with van der Waals surface area (Å²) < 4.78 is 31.0. The van der Waals surface area contributed by atoms with Crippen LogP contribution < -0.4 is 0 Å². The van der Waals surface area contributed by atoms with Crippen molar-refractivity contribution in [2.24, 2.45) is 0 Å². The van der Waals surface area contributed by atoms with Crippen LogP contribution in [0.25, 0.3) is 0 Å². The highest BCUT2D eigenvalue weighted by molar-refractivity contribution is 7.60. The number of phosphoric acid groups is 2. The van der Waals surface area contributed by atoms with Crippen molar-refractivity contribution in [3.63, 3.8) is 0 Å². The van der Waals surface area contributed by atoms with Gasteiger partial charge < -0.3 is 14.7 Å². The Morgan fingerprint density at radius 2 is 1.71 bits per heavy atom. The van der Waals surface area contributed by atoms with Gasteiger partial charge in [0, 0.05) is 0 Å². The van der Waals surface area contributed by atoms with Crippen molar-refractivity contribution in [2.45, 2.75) is 59.0 Å². The van der Waals surface area contributed by atoms with E-state index < -0.39 is 21.2 Å². The highest BCUT2D eigenvalue weighted by atomic mass is 31.3. The lowest BCUT2D eigenvalue weighted by Crippen LogP contribution is -2.24. The molecule has 0 aromatic heterocycles. The minimum atomic E-state index is -5.14. The summed E-state index contributed by atoms with van der Waals surface area (Å²) in [6, 6.07) is 0. The molecule has 0 rings (SSSR count). The minimum Gasteiger partial charge on any atom is -0.302 e. The molecule has 0 aromatic carbocycles. The quantitative estimate of drug-likeness (QED) is 0.353. The molecule has 3 N–H and O–H groups in total. The lowest BCUT2D eigenvalue weighted by molar-refractivity contribution is 0.0803. The van der Waals surface area contributed by atoms with Crippen LogP contribution in [0, 0.1) is 0 Å². The molecule has 24 heavy (non-hydrogen) atoms. The van der Waals surface area contributed by atoms with Gasteiger partial charge >= 0.3 is 15.6 Å². The lowest BCUT2D eigenvalue weighted by atomic mass is 9.99. The van der Waals surface area contributed by atoms with E-state index in [9.17, 15) is 14.0 Å². The van der Waals surface area contributed by atoms with E-state index in [0.29, 0.717) is 12.8 Å². The fourth-order valence-corrected chi connectivity index (χ4v) is 3.80. The third-order valence-corrected chi connectivity index (χ3v) is 5.51. The summed E-state index contributed by atoms with van der Waals surface area (Å²) in [5.41, 5.74) is 1.19. The fraction of sp³-hybridized carbons (Fsp3) is 0.600. The topological polar surface area (TPSA) is 113 Å². The Kier molecular flexibility index (Phi) is 9.62. The Labute approximate surface area is 143 Å². The largest absolute Gasteiger partial charge is 0.481 e. The zero-order chi connectivity index (χ0) is 19.0. The normalized spacial score (nSPS) is 17.7. The summed E-state index contributed by atoms with van der Waals surface area (Å²) in [5, 5.41) is 0. The van der Waals surface area contributed by atoms with E-state index in [1.54, 1.807) is 0 Å². The first kappa shape index (κ1) is 23.5. The molecule has 0 aliphatic carbocycles. The van der Waals surface area contributed by atoms with Crippen LogP contribution in [0.15, 0.2) is 36.0 Å². The van der Waals surface area contributed by atoms with Crippen molar-refractivity contribution < 1.29 is 32.6 Å². The summed E-state index contributed by atoms with van der Waals surface area (Å²) in [5.74, 6) is 0. The van der Waals surface area contributed by atoms with Crippen molar-refractivity contribution in [3.8, 4) is 0 Å². The predicted molar refractivity (Wildman–Crippen MR) is 94.3 cm³/mol. The van der Waals surface area contributed by atoms with Gasteiger partial charge in [-0.1, -0.05) is 29.4 Å².